The molecule has 2 heterocycles. The number of anilines is 1. The number of ketones is 1. The molecule has 0 aliphatic carbocycles. The summed E-state index contributed by atoms with van der Waals surface area (Å²) in [4.78, 5) is 12.7. The molecule has 8 nitrogen and oxygen atoms in total. The van der Waals surface area contributed by atoms with Crippen LogP contribution in [0.2, 0.25) is 0 Å². The van der Waals surface area contributed by atoms with E-state index in [1.54, 1.807) is 23.9 Å². The van der Waals surface area contributed by atoms with Gasteiger partial charge in [0.15, 0.2) is 10.1 Å². The molecule has 2 aromatic carbocycles. The number of hydrogen-bond donors (Lipinski definition) is 1. The van der Waals surface area contributed by atoms with Crippen LogP contribution in [0, 0.1) is 0 Å². The zero-order valence-corrected chi connectivity index (χ0v) is 19.6. The van der Waals surface area contributed by atoms with Gasteiger partial charge in [-0.3, -0.25) is 4.79 Å². The average Bonchev–Trinajstić information content (AvgIpc) is 3.30. The molecule has 0 saturated carbocycles. The molecule has 3 aromatic rings. The van der Waals surface area contributed by atoms with Gasteiger partial charge in [-0.15, -0.1) is 10.2 Å². The van der Waals surface area contributed by atoms with Gasteiger partial charge in [-0.1, -0.05) is 53.4 Å². The van der Waals surface area contributed by atoms with E-state index in [1.165, 1.54) is 33.3 Å². The maximum Gasteiger partial charge on any atom is 0.243 e. The van der Waals surface area contributed by atoms with E-state index in [4.69, 9.17) is 4.74 Å². The molecule has 0 unspecified atom stereocenters. The highest BCUT2D eigenvalue weighted by atomic mass is 32.2. The Morgan fingerprint density at radius 1 is 1.06 bits per heavy atom. The number of benzene rings is 2. The van der Waals surface area contributed by atoms with Gasteiger partial charge >= 0.3 is 0 Å². The van der Waals surface area contributed by atoms with E-state index in [1.807, 2.05) is 18.2 Å². The van der Waals surface area contributed by atoms with Crippen LogP contribution < -0.4 is 5.32 Å². The minimum atomic E-state index is -3.58. The lowest BCUT2D eigenvalue weighted by atomic mass is 10.1. The molecule has 32 heavy (non-hydrogen) atoms. The van der Waals surface area contributed by atoms with E-state index in [2.05, 4.69) is 27.6 Å². The smallest absolute Gasteiger partial charge is 0.243 e. The number of ether oxygens (including phenoxy) is 1. The van der Waals surface area contributed by atoms with E-state index < -0.39 is 10.0 Å². The third-order valence-corrected chi connectivity index (χ3v) is 8.79. The van der Waals surface area contributed by atoms with Crippen molar-refractivity contribution in [1.29, 1.82) is 0 Å². The summed E-state index contributed by atoms with van der Waals surface area (Å²) in [6.45, 7) is 1.49. The number of carbonyl (C=O) groups is 1. The number of hydrogen-bond acceptors (Lipinski definition) is 9. The molecule has 0 amide bonds. The summed E-state index contributed by atoms with van der Waals surface area (Å²) >= 11 is 2.99. The maximum absolute atomic E-state index is 12.7. The normalized spacial score (nSPS) is 14.9. The number of carbonyl (C=O) groups excluding carboxylic acids is 1. The fourth-order valence-corrected chi connectivity index (χ4v) is 6.18. The largest absolute Gasteiger partial charge is 0.379 e. The zero-order valence-electron chi connectivity index (χ0n) is 17.1. The molecule has 0 radical (unpaired) electrons. The van der Waals surface area contributed by atoms with Crippen LogP contribution in [0.5, 0.6) is 0 Å². The molecule has 1 saturated heterocycles. The molecule has 0 atom stereocenters. The van der Waals surface area contributed by atoms with Crippen LogP contribution in [0.4, 0.5) is 5.13 Å². The number of sulfonamides is 1. The van der Waals surface area contributed by atoms with Gasteiger partial charge in [0, 0.05) is 24.4 Å². The van der Waals surface area contributed by atoms with Crippen molar-refractivity contribution in [3.63, 3.8) is 0 Å². The first-order valence-electron chi connectivity index (χ1n) is 9.97. The van der Waals surface area contributed by atoms with Crippen molar-refractivity contribution in [2.24, 2.45) is 0 Å². The molecule has 1 fully saturated rings. The van der Waals surface area contributed by atoms with Gasteiger partial charge in [0.05, 0.1) is 24.7 Å². The van der Waals surface area contributed by atoms with Crippen LogP contribution in [0.15, 0.2) is 63.8 Å². The molecular weight excluding hydrogens is 468 g/mol. The Hall–Kier alpha value is -2.31. The number of Topliss-reactive ketones (excluding diaryl/α,β-unsaturated/α-hetero) is 1. The van der Waals surface area contributed by atoms with Gasteiger partial charge in [-0.05, 0) is 29.8 Å². The van der Waals surface area contributed by atoms with E-state index in [0.717, 1.165) is 10.1 Å². The number of nitrogens with one attached hydrogen (secondary N) is 1. The van der Waals surface area contributed by atoms with Gasteiger partial charge < -0.3 is 10.1 Å². The van der Waals surface area contributed by atoms with Crippen molar-refractivity contribution in [3.8, 4) is 0 Å². The van der Waals surface area contributed by atoms with E-state index in [0.29, 0.717) is 37.0 Å². The molecular formula is C21H22N4O4S3. The van der Waals surface area contributed by atoms with Crippen molar-refractivity contribution in [2.75, 3.05) is 38.2 Å². The van der Waals surface area contributed by atoms with Gasteiger partial charge in [0.1, 0.15) is 0 Å². The Kier molecular flexibility index (Phi) is 7.53. The second-order valence-electron chi connectivity index (χ2n) is 6.96. The van der Waals surface area contributed by atoms with Crippen molar-refractivity contribution >= 4 is 44.0 Å². The third kappa shape index (κ3) is 5.73. The number of aromatic nitrogens is 2. The molecule has 11 heteroatoms. The summed E-state index contributed by atoms with van der Waals surface area (Å²) in [7, 11) is -3.58. The first-order chi connectivity index (χ1) is 15.5. The second-order valence-corrected chi connectivity index (χ2v) is 11.1. The first-order valence-corrected chi connectivity index (χ1v) is 13.2. The molecule has 0 spiro atoms. The number of nitrogens with zero attached hydrogens (tertiary/aromatic N) is 3. The standard InChI is InChI=1S/C21H22N4O4S3/c26-19(14-22-20-23-24-21(31-20)30-15-16-4-2-1-3-5-16)17-6-8-18(9-7-17)32(27,28)25-10-12-29-13-11-25/h1-9H,10-15H2,(H,22,23). The fraction of sp³-hybridized carbons (Fsp3) is 0.286. The number of thioether (sulfide) groups is 1. The Balaban J connectivity index is 1.30. The minimum Gasteiger partial charge on any atom is -0.379 e. The predicted octanol–water partition coefficient (Wildman–Crippen LogP) is 3.15. The van der Waals surface area contributed by atoms with E-state index in [-0.39, 0.29) is 17.2 Å². The zero-order chi connectivity index (χ0) is 22.4. The summed E-state index contributed by atoms with van der Waals surface area (Å²) < 4.78 is 32.8. The lowest BCUT2D eigenvalue weighted by Crippen LogP contribution is -2.40. The van der Waals surface area contributed by atoms with E-state index in [9.17, 15) is 13.2 Å². The van der Waals surface area contributed by atoms with Crippen LogP contribution >= 0.6 is 23.1 Å². The number of morpholine rings is 1. The molecule has 1 N–H and O–H groups in total. The minimum absolute atomic E-state index is 0.0492. The SMILES string of the molecule is O=C(CNc1nnc(SCc2ccccc2)s1)c1ccc(S(=O)(=O)N2CCOCC2)cc1. The third-order valence-electron chi connectivity index (χ3n) is 4.80. The highest BCUT2D eigenvalue weighted by molar-refractivity contribution is 8.00. The van der Waals surface area contributed by atoms with Crippen molar-refractivity contribution < 1.29 is 17.9 Å². The van der Waals surface area contributed by atoms with Crippen LogP contribution in [0.25, 0.3) is 0 Å². The highest BCUT2D eigenvalue weighted by Crippen LogP contribution is 2.28. The Labute approximate surface area is 195 Å². The summed E-state index contributed by atoms with van der Waals surface area (Å²) in [5, 5.41) is 11.8. The topological polar surface area (TPSA) is 101 Å². The van der Waals surface area contributed by atoms with Crippen molar-refractivity contribution in [3.05, 3.63) is 65.7 Å². The van der Waals surface area contributed by atoms with Crippen molar-refractivity contribution in [1.82, 2.24) is 14.5 Å². The second kappa shape index (κ2) is 10.5. The molecule has 1 aliphatic rings. The van der Waals surface area contributed by atoms with Crippen molar-refractivity contribution in [2.45, 2.75) is 15.0 Å². The highest BCUT2D eigenvalue weighted by Gasteiger charge is 2.26. The van der Waals surface area contributed by atoms with Gasteiger partial charge in [-0.2, -0.15) is 4.31 Å². The fourth-order valence-electron chi connectivity index (χ4n) is 3.07. The van der Waals surface area contributed by atoms with Crippen LogP contribution in [-0.4, -0.2) is 61.6 Å². The van der Waals surface area contributed by atoms with Crippen LogP contribution in [0.1, 0.15) is 15.9 Å². The monoisotopic (exact) mass is 490 g/mol. The summed E-state index contributed by atoms with van der Waals surface area (Å²) in [5.74, 6) is 0.641. The summed E-state index contributed by atoms with van der Waals surface area (Å²) in [6.07, 6.45) is 0. The Morgan fingerprint density at radius 3 is 2.50 bits per heavy atom. The van der Waals surface area contributed by atoms with E-state index >= 15 is 0 Å². The lowest BCUT2D eigenvalue weighted by Gasteiger charge is -2.26. The predicted molar refractivity (Wildman–Crippen MR) is 125 cm³/mol. The number of rotatable bonds is 9. The Morgan fingerprint density at radius 2 is 1.78 bits per heavy atom. The average molecular weight is 491 g/mol. The molecule has 0 bridgehead atoms. The molecule has 168 valence electrons. The summed E-state index contributed by atoms with van der Waals surface area (Å²) in [5.41, 5.74) is 1.64. The molecule has 1 aliphatic heterocycles. The lowest BCUT2D eigenvalue weighted by molar-refractivity contribution is 0.0730. The molecule has 1 aromatic heterocycles. The quantitative estimate of drug-likeness (QED) is 0.361. The summed E-state index contributed by atoms with van der Waals surface area (Å²) in [6, 6.07) is 16.1. The van der Waals surface area contributed by atoms with Gasteiger partial charge in [0.2, 0.25) is 15.2 Å². The van der Waals surface area contributed by atoms with Crippen LogP contribution in [0.3, 0.4) is 0 Å². The first kappa shape index (κ1) is 22.9. The van der Waals surface area contributed by atoms with Gasteiger partial charge in [0.25, 0.3) is 0 Å². The van der Waals surface area contributed by atoms with Gasteiger partial charge in [-0.25, -0.2) is 8.42 Å². The van der Waals surface area contributed by atoms with Crippen LogP contribution in [-0.2, 0) is 20.5 Å². The Bertz CT molecular complexity index is 1150. The molecule has 4 rings (SSSR count). The maximum atomic E-state index is 12.7.